The van der Waals surface area contributed by atoms with E-state index in [2.05, 4.69) is 32.6 Å². The zero-order valence-electron chi connectivity index (χ0n) is 33.5. The van der Waals surface area contributed by atoms with Crippen molar-refractivity contribution in [3.8, 4) is 0 Å². The summed E-state index contributed by atoms with van der Waals surface area (Å²) in [4.78, 5) is 15.1. The number of nitrogens with zero attached hydrogens (tertiary/aromatic N) is 1. The van der Waals surface area contributed by atoms with E-state index in [1.54, 1.807) is 0 Å². The molecule has 2 N–H and O–H groups in total. The SMILES string of the molecule is CCCCCCCCC(C)OC(O)CCCCCN(CCO)CCCCCCCC(=O)OC(CCCCCCCC)CCCCCCCC. The third-order valence-electron chi connectivity index (χ3n) is 10.1. The zero-order valence-corrected chi connectivity index (χ0v) is 33.5. The fraction of sp³-hybridized carbons (Fsp3) is 0.977. The summed E-state index contributed by atoms with van der Waals surface area (Å²) in [6.45, 7) is 11.8. The summed E-state index contributed by atoms with van der Waals surface area (Å²) in [7, 11) is 0. The van der Waals surface area contributed by atoms with Crippen molar-refractivity contribution >= 4 is 5.97 Å². The molecule has 0 aromatic carbocycles. The van der Waals surface area contributed by atoms with Gasteiger partial charge in [0.2, 0.25) is 0 Å². The first-order chi connectivity index (χ1) is 24.0. The zero-order chi connectivity index (χ0) is 36.0. The summed E-state index contributed by atoms with van der Waals surface area (Å²) in [5, 5.41) is 19.8. The second kappa shape index (κ2) is 38.5. The van der Waals surface area contributed by atoms with E-state index in [-0.39, 0.29) is 24.8 Å². The Morgan fingerprint density at radius 2 is 0.939 bits per heavy atom. The van der Waals surface area contributed by atoms with E-state index >= 15 is 0 Å². The average molecular weight is 698 g/mol. The molecule has 0 amide bonds. The molecule has 294 valence electrons. The van der Waals surface area contributed by atoms with E-state index in [9.17, 15) is 15.0 Å². The van der Waals surface area contributed by atoms with Gasteiger partial charge in [-0.15, -0.1) is 0 Å². The van der Waals surface area contributed by atoms with E-state index in [4.69, 9.17) is 9.47 Å². The molecular weight excluding hydrogens is 610 g/mol. The molecule has 0 rings (SSSR count). The fourth-order valence-electron chi connectivity index (χ4n) is 6.87. The van der Waals surface area contributed by atoms with E-state index in [1.807, 2.05) is 0 Å². The Morgan fingerprint density at radius 3 is 1.45 bits per heavy atom. The highest BCUT2D eigenvalue weighted by molar-refractivity contribution is 5.69. The lowest BCUT2D eigenvalue weighted by atomic mass is 10.0. The number of rotatable bonds is 40. The predicted molar refractivity (Wildman–Crippen MR) is 210 cm³/mol. The maximum absolute atomic E-state index is 12.7. The molecule has 0 heterocycles. The number of unbranched alkanes of at least 4 members (excludes halogenated alkanes) is 21. The van der Waals surface area contributed by atoms with Crippen molar-refractivity contribution < 1.29 is 24.5 Å². The number of esters is 1. The summed E-state index contributed by atoms with van der Waals surface area (Å²) in [5.41, 5.74) is 0. The average Bonchev–Trinajstić information content (AvgIpc) is 3.08. The van der Waals surface area contributed by atoms with Crippen LogP contribution < -0.4 is 0 Å². The van der Waals surface area contributed by atoms with Gasteiger partial charge in [0.05, 0.1) is 12.7 Å². The molecule has 2 atom stereocenters. The number of aliphatic hydroxyl groups is 2. The van der Waals surface area contributed by atoms with E-state index < -0.39 is 6.29 Å². The lowest BCUT2D eigenvalue weighted by molar-refractivity contribution is -0.150. The van der Waals surface area contributed by atoms with E-state index in [0.29, 0.717) is 12.8 Å². The largest absolute Gasteiger partial charge is 0.462 e. The Bertz CT molecular complexity index is 646. The molecule has 0 aromatic heterocycles. The first kappa shape index (κ1) is 48.3. The summed E-state index contributed by atoms with van der Waals surface area (Å²) in [6, 6.07) is 0. The minimum atomic E-state index is -0.651. The first-order valence-electron chi connectivity index (χ1n) is 21.8. The molecule has 0 spiro atoms. The Morgan fingerprint density at radius 1 is 0.531 bits per heavy atom. The Hall–Kier alpha value is -0.690. The number of hydrogen-bond donors (Lipinski definition) is 2. The van der Waals surface area contributed by atoms with E-state index in [1.165, 1.54) is 116 Å². The van der Waals surface area contributed by atoms with Gasteiger partial charge in [-0.3, -0.25) is 4.79 Å². The number of carbonyl (C=O) groups is 1. The summed E-state index contributed by atoms with van der Waals surface area (Å²) in [5.74, 6) is 0.0119. The topological polar surface area (TPSA) is 79.2 Å². The van der Waals surface area contributed by atoms with Crippen LogP contribution in [0.5, 0.6) is 0 Å². The second-order valence-corrected chi connectivity index (χ2v) is 15.1. The maximum atomic E-state index is 12.7. The van der Waals surface area contributed by atoms with Crippen LogP contribution in [0.25, 0.3) is 0 Å². The smallest absolute Gasteiger partial charge is 0.306 e. The van der Waals surface area contributed by atoms with Crippen LogP contribution in [-0.2, 0) is 14.3 Å². The molecule has 0 saturated carbocycles. The third kappa shape index (κ3) is 35.5. The van der Waals surface area contributed by atoms with Crippen molar-refractivity contribution in [3.63, 3.8) is 0 Å². The highest BCUT2D eigenvalue weighted by atomic mass is 16.6. The quantitative estimate of drug-likeness (QED) is 0.0377. The number of carbonyl (C=O) groups excluding carboxylic acids is 1. The summed E-state index contributed by atoms with van der Waals surface area (Å²) < 4.78 is 11.8. The van der Waals surface area contributed by atoms with Gasteiger partial charge in [0.25, 0.3) is 0 Å². The molecule has 0 radical (unpaired) electrons. The standard InChI is InChI=1S/C43H87NO5/c1-5-8-11-14-18-24-31-40(4)48-42(46)34-28-23-30-37-44(38-39-45)36-29-22-17-21-27-35-43(47)49-41(32-25-19-15-12-9-6-2)33-26-20-16-13-10-7-3/h40-42,45-46H,5-39H2,1-4H3. The highest BCUT2D eigenvalue weighted by Crippen LogP contribution is 2.19. The first-order valence-corrected chi connectivity index (χ1v) is 21.8. The molecule has 0 aliphatic carbocycles. The second-order valence-electron chi connectivity index (χ2n) is 15.1. The van der Waals surface area contributed by atoms with Crippen molar-refractivity contribution in [2.24, 2.45) is 0 Å². The Labute approximate surface area is 306 Å². The fourth-order valence-corrected chi connectivity index (χ4v) is 6.87. The maximum Gasteiger partial charge on any atom is 0.306 e. The number of aliphatic hydroxyl groups excluding tert-OH is 2. The minimum absolute atomic E-state index is 0.0119. The van der Waals surface area contributed by atoms with Crippen LogP contribution in [0.3, 0.4) is 0 Å². The van der Waals surface area contributed by atoms with Gasteiger partial charge in [0.15, 0.2) is 6.29 Å². The lowest BCUT2D eigenvalue weighted by Crippen LogP contribution is -2.29. The molecule has 2 unspecified atom stereocenters. The summed E-state index contributed by atoms with van der Waals surface area (Å²) >= 11 is 0. The predicted octanol–water partition coefficient (Wildman–Crippen LogP) is 12.1. The Kier molecular flexibility index (Phi) is 38.0. The van der Waals surface area contributed by atoms with Crippen LogP contribution >= 0.6 is 0 Å². The molecule has 0 fully saturated rings. The van der Waals surface area contributed by atoms with Crippen LogP contribution in [0.2, 0.25) is 0 Å². The molecule has 0 bridgehead atoms. The molecule has 49 heavy (non-hydrogen) atoms. The van der Waals surface area contributed by atoms with Gasteiger partial charge in [-0.25, -0.2) is 0 Å². The van der Waals surface area contributed by atoms with Gasteiger partial charge in [0, 0.05) is 13.0 Å². The van der Waals surface area contributed by atoms with Crippen molar-refractivity contribution in [2.45, 2.75) is 245 Å². The van der Waals surface area contributed by atoms with Gasteiger partial charge >= 0.3 is 5.97 Å². The third-order valence-corrected chi connectivity index (χ3v) is 10.1. The molecule has 0 aromatic rings. The monoisotopic (exact) mass is 698 g/mol. The van der Waals surface area contributed by atoms with Gasteiger partial charge in [-0.1, -0.05) is 149 Å². The van der Waals surface area contributed by atoms with Crippen molar-refractivity contribution in [1.29, 1.82) is 0 Å². The van der Waals surface area contributed by atoms with Crippen LogP contribution in [0.4, 0.5) is 0 Å². The molecule has 6 heteroatoms. The molecule has 0 aliphatic rings. The molecular formula is C43H87NO5. The minimum Gasteiger partial charge on any atom is -0.462 e. The molecule has 0 aliphatic heterocycles. The van der Waals surface area contributed by atoms with Crippen LogP contribution in [0.1, 0.15) is 227 Å². The van der Waals surface area contributed by atoms with Crippen molar-refractivity contribution in [3.05, 3.63) is 0 Å². The Balaban J connectivity index is 4.05. The van der Waals surface area contributed by atoms with Crippen LogP contribution in [0.15, 0.2) is 0 Å². The van der Waals surface area contributed by atoms with Crippen molar-refractivity contribution in [1.82, 2.24) is 4.90 Å². The normalized spacial score (nSPS) is 13.1. The highest BCUT2D eigenvalue weighted by Gasteiger charge is 2.15. The summed E-state index contributed by atoms with van der Waals surface area (Å²) in [6.07, 6.45) is 35.6. The number of hydrogen-bond acceptors (Lipinski definition) is 6. The van der Waals surface area contributed by atoms with Gasteiger partial charge in [-0.2, -0.15) is 0 Å². The van der Waals surface area contributed by atoms with Gasteiger partial charge < -0.3 is 24.6 Å². The number of ether oxygens (including phenoxy) is 2. The lowest BCUT2D eigenvalue weighted by Gasteiger charge is -2.21. The van der Waals surface area contributed by atoms with Crippen LogP contribution in [0, 0.1) is 0 Å². The van der Waals surface area contributed by atoms with Crippen molar-refractivity contribution in [2.75, 3.05) is 26.2 Å². The molecule has 6 nitrogen and oxygen atoms in total. The van der Waals surface area contributed by atoms with E-state index in [0.717, 1.165) is 90.3 Å². The van der Waals surface area contributed by atoms with Crippen LogP contribution in [-0.4, -0.2) is 65.8 Å². The van der Waals surface area contributed by atoms with Gasteiger partial charge in [-0.05, 0) is 84.2 Å². The molecule has 0 saturated heterocycles. The van der Waals surface area contributed by atoms with Gasteiger partial charge in [0.1, 0.15) is 6.10 Å².